The first-order chi connectivity index (χ1) is 15.6. The summed E-state index contributed by atoms with van der Waals surface area (Å²) in [6.45, 7) is 11.5. The Morgan fingerprint density at radius 3 is 2.18 bits per heavy atom. The highest BCUT2D eigenvalue weighted by Crippen LogP contribution is 2.22. The summed E-state index contributed by atoms with van der Waals surface area (Å²) in [5.41, 5.74) is 2.98. The molecule has 0 unspecified atom stereocenters. The van der Waals surface area contributed by atoms with E-state index in [0.29, 0.717) is 45.7 Å². The standard InChI is InChI=1S/C24H38N4O4S/c1-5-20(4)28(21-9-14-33(31,32)17-21)23(30)16-27-12-10-26(11-13-27)15-22(29)25-24-18(2)7-6-8-19(24)3/h6-8,20-21H,5,9-17H2,1-4H3,(H,25,29)/t20-,21-/m0/s1. The third-order valence-electron chi connectivity index (χ3n) is 6.89. The summed E-state index contributed by atoms with van der Waals surface area (Å²) in [5, 5.41) is 3.04. The van der Waals surface area contributed by atoms with Crippen LogP contribution < -0.4 is 5.32 Å². The smallest absolute Gasteiger partial charge is 0.238 e. The molecule has 0 spiro atoms. The molecule has 2 atom stereocenters. The number of benzene rings is 1. The van der Waals surface area contributed by atoms with Gasteiger partial charge in [0.1, 0.15) is 0 Å². The Labute approximate surface area is 198 Å². The summed E-state index contributed by atoms with van der Waals surface area (Å²) in [5.74, 6) is 0.225. The average Bonchev–Trinajstić information content (AvgIpc) is 3.11. The fourth-order valence-corrected chi connectivity index (χ4v) is 6.48. The van der Waals surface area contributed by atoms with E-state index >= 15 is 0 Å². The number of rotatable bonds is 8. The van der Waals surface area contributed by atoms with E-state index < -0.39 is 9.84 Å². The summed E-state index contributed by atoms with van der Waals surface area (Å²) in [6.07, 6.45) is 1.33. The Bertz CT molecular complexity index is 937. The molecule has 1 aromatic rings. The minimum absolute atomic E-state index is 0.00710. The number of hydrogen-bond acceptors (Lipinski definition) is 6. The molecule has 2 heterocycles. The van der Waals surface area contributed by atoms with Crippen molar-refractivity contribution in [1.82, 2.24) is 14.7 Å². The van der Waals surface area contributed by atoms with E-state index in [1.54, 1.807) is 0 Å². The second-order valence-electron chi connectivity index (χ2n) is 9.48. The van der Waals surface area contributed by atoms with Gasteiger partial charge in [0.05, 0.1) is 24.6 Å². The number of sulfone groups is 1. The van der Waals surface area contributed by atoms with E-state index in [0.717, 1.165) is 23.2 Å². The van der Waals surface area contributed by atoms with Crippen molar-refractivity contribution in [1.29, 1.82) is 0 Å². The highest BCUT2D eigenvalue weighted by atomic mass is 32.2. The number of para-hydroxylation sites is 1. The van der Waals surface area contributed by atoms with Crippen LogP contribution in [0.2, 0.25) is 0 Å². The molecule has 1 N–H and O–H groups in total. The van der Waals surface area contributed by atoms with Crippen LogP contribution in [0.15, 0.2) is 18.2 Å². The summed E-state index contributed by atoms with van der Waals surface area (Å²) >= 11 is 0. The number of hydrogen-bond donors (Lipinski definition) is 1. The topological polar surface area (TPSA) is 90.0 Å². The first-order valence-corrected chi connectivity index (χ1v) is 13.7. The van der Waals surface area contributed by atoms with E-state index in [1.807, 2.05) is 50.8 Å². The Morgan fingerprint density at radius 2 is 1.67 bits per heavy atom. The Balaban J connectivity index is 1.49. The third-order valence-corrected chi connectivity index (χ3v) is 8.64. The second-order valence-corrected chi connectivity index (χ2v) is 11.7. The van der Waals surface area contributed by atoms with Gasteiger partial charge >= 0.3 is 0 Å². The number of carbonyl (C=O) groups is 2. The molecular formula is C24H38N4O4S. The molecule has 0 aliphatic carbocycles. The zero-order chi connectivity index (χ0) is 24.2. The highest BCUT2D eigenvalue weighted by molar-refractivity contribution is 7.91. The predicted octanol–water partition coefficient (Wildman–Crippen LogP) is 1.67. The number of anilines is 1. The molecule has 0 radical (unpaired) electrons. The molecule has 2 saturated heterocycles. The van der Waals surface area contributed by atoms with Crippen molar-refractivity contribution >= 4 is 27.3 Å². The van der Waals surface area contributed by atoms with E-state index in [2.05, 4.69) is 15.1 Å². The molecule has 8 nitrogen and oxygen atoms in total. The third kappa shape index (κ3) is 6.77. The van der Waals surface area contributed by atoms with Crippen LogP contribution >= 0.6 is 0 Å². The van der Waals surface area contributed by atoms with Gasteiger partial charge in [-0.05, 0) is 44.7 Å². The zero-order valence-electron chi connectivity index (χ0n) is 20.3. The Morgan fingerprint density at radius 1 is 1.09 bits per heavy atom. The van der Waals surface area contributed by atoms with Gasteiger partial charge in [-0.1, -0.05) is 25.1 Å². The van der Waals surface area contributed by atoms with Crippen molar-refractivity contribution in [3.8, 4) is 0 Å². The second kappa shape index (κ2) is 11.0. The SMILES string of the molecule is CC[C@H](C)N(C(=O)CN1CCN(CC(=O)Nc2c(C)cccc2C)CC1)[C@H]1CCS(=O)(=O)C1. The van der Waals surface area contributed by atoms with Gasteiger partial charge < -0.3 is 10.2 Å². The minimum Gasteiger partial charge on any atom is -0.335 e. The van der Waals surface area contributed by atoms with Crippen LogP contribution in [0.3, 0.4) is 0 Å². The van der Waals surface area contributed by atoms with E-state index in [9.17, 15) is 18.0 Å². The fourth-order valence-electron chi connectivity index (χ4n) is 4.77. The number of piperazine rings is 1. The maximum atomic E-state index is 13.1. The highest BCUT2D eigenvalue weighted by Gasteiger charge is 2.37. The summed E-state index contributed by atoms with van der Waals surface area (Å²) < 4.78 is 23.9. The average molecular weight is 479 g/mol. The monoisotopic (exact) mass is 478 g/mol. The molecule has 2 aliphatic heterocycles. The number of nitrogens with zero attached hydrogens (tertiary/aromatic N) is 3. The first-order valence-electron chi connectivity index (χ1n) is 11.9. The fraction of sp³-hybridized carbons (Fsp3) is 0.667. The Kier molecular flexibility index (Phi) is 8.53. The van der Waals surface area contributed by atoms with Crippen LogP contribution in [0.25, 0.3) is 0 Å². The van der Waals surface area contributed by atoms with Gasteiger partial charge in [0.15, 0.2) is 9.84 Å². The van der Waals surface area contributed by atoms with Crippen molar-refractivity contribution in [3.05, 3.63) is 29.3 Å². The summed E-state index contributed by atoms with van der Waals surface area (Å²) in [4.78, 5) is 31.8. The number of carbonyl (C=O) groups excluding carboxylic acids is 2. The predicted molar refractivity (Wildman–Crippen MR) is 131 cm³/mol. The van der Waals surface area contributed by atoms with Crippen molar-refractivity contribution < 1.29 is 18.0 Å². The molecular weight excluding hydrogens is 440 g/mol. The van der Waals surface area contributed by atoms with Crippen molar-refractivity contribution in [2.75, 3.05) is 56.1 Å². The normalized spacial score (nSPS) is 22.1. The quantitative estimate of drug-likeness (QED) is 0.611. The first kappa shape index (κ1) is 25.6. The van der Waals surface area contributed by atoms with Crippen LogP contribution in [0, 0.1) is 13.8 Å². The molecule has 0 bridgehead atoms. The largest absolute Gasteiger partial charge is 0.335 e. The van der Waals surface area contributed by atoms with E-state index in [-0.39, 0.29) is 35.4 Å². The lowest BCUT2D eigenvalue weighted by Crippen LogP contribution is -2.54. The number of amides is 2. The van der Waals surface area contributed by atoms with E-state index in [4.69, 9.17) is 0 Å². The van der Waals surface area contributed by atoms with Gasteiger partial charge in [-0.2, -0.15) is 0 Å². The Hall–Kier alpha value is -1.97. The molecule has 184 valence electrons. The molecule has 9 heteroatoms. The van der Waals surface area contributed by atoms with Gasteiger partial charge in [0, 0.05) is 44.0 Å². The zero-order valence-corrected chi connectivity index (χ0v) is 21.2. The van der Waals surface area contributed by atoms with Gasteiger partial charge in [-0.25, -0.2) is 8.42 Å². The van der Waals surface area contributed by atoms with Crippen LogP contribution in [0.5, 0.6) is 0 Å². The molecule has 3 rings (SSSR count). The lowest BCUT2D eigenvalue weighted by Gasteiger charge is -2.38. The molecule has 0 saturated carbocycles. The molecule has 2 amide bonds. The number of aryl methyl sites for hydroxylation is 2. The number of nitrogens with one attached hydrogen (secondary N) is 1. The summed E-state index contributed by atoms with van der Waals surface area (Å²) in [7, 11) is -3.05. The lowest BCUT2D eigenvalue weighted by molar-refractivity contribution is -0.137. The van der Waals surface area contributed by atoms with Gasteiger partial charge in [0.25, 0.3) is 0 Å². The maximum absolute atomic E-state index is 13.1. The van der Waals surface area contributed by atoms with Gasteiger partial charge in [-0.15, -0.1) is 0 Å². The lowest BCUT2D eigenvalue weighted by atomic mass is 10.1. The molecule has 2 fully saturated rings. The van der Waals surface area contributed by atoms with Crippen molar-refractivity contribution in [3.63, 3.8) is 0 Å². The maximum Gasteiger partial charge on any atom is 0.238 e. The van der Waals surface area contributed by atoms with Crippen LogP contribution in [0.4, 0.5) is 5.69 Å². The molecule has 33 heavy (non-hydrogen) atoms. The van der Waals surface area contributed by atoms with Crippen molar-refractivity contribution in [2.24, 2.45) is 0 Å². The van der Waals surface area contributed by atoms with Crippen LogP contribution in [-0.2, 0) is 19.4 Å². The van der Waals surface area contributed by atoms with Crippen LogP contribution in [0.1, 0.15) is 37.8 Å². The van der Waals surface area contributed by atoms with Gasteiger partial charge in [0.2, 0.25) is 11.8 Å². The van der Waals surface area contributed by atoms with Crippen molar-refractivity contribution in [2.45, 2.75) is 52.6 Å². The molecule has 1 aromatic carbocycles. The summed E-state index contributed by atoms with van der Waals surface area (Å²) in [6, 6.07) is 5.76. The molecule has 0 aromatic heterocycles. The molecule has 2 aliphatic rings. The van der Waals surface area contributed by atoms with E-state index in [1.165, 1.54) is 0 Å². The van der Waals surface area contributed by atoms with Crippen LogP contribution in [-0.4, -0.2) is 97.8 Å². The minimum atomic E-state index is -3.05. The van der Waals surface area contributed by atoms with Gasteiger partial charge in [-0.3, -0.25) is 19.4 Å².